The second-order valence-corrected chi connectivity index (χ2v) is 5.00. The van der Waals surface area contributed by atoms with Crippen molar-refractivity contribution in [3.8, 4) is 6.07 Å². The van der Waals surface area contributed by atoms with Gasteiger partial charge in [-0.1, -0.05) is 0 Å². The van der Waals surface area contributed by atoms with Crippen LogP contribution in [0.2, 0.25) is 0 Å². The van der Waals surface area contributed by atoms with Gasteiger partial charge in [-0.05, 0) is 38.5 Å². The lowest BCUT2D eigenvalue weighted by Crippen LogP contribution is -2.46. The van der Waals surface area contributed by atoms with Crippen molar-refractivity contribution < 1.29 is 0 Å². The summed E-state index contributed by atoms with van der Waals surface area (Å²) < 4.78 is 0. The zero-order chi connectivity index (χ0) is 10.7. The first-order chi connectivity index (χ1) is 7.29. The van der Waals surface area contributed by atoms with Crippen LogP contribution in [0.25, 0.3) is 0 Å². The van der Waals surface area contributed by atoms with Crippen molar-refractivity contribution in [1.82, 2.24) is 10.2 Å². The van der Waals surface area contributed by atoms with Crippen molar-refractivity contribution in [2.24, 2.45) is 5.92 Å². The molecule has 0 amide bonds. The van der Waals surface area contributed by atoms with E-state index in [0.717, 1.165) is 19.0 Å². The third-order valence-corrected chi connectivity index (χ3v) is 3.71. The molecule has 0 radical (unpaired) electrons. The molecule has 2 aliphatic rings. The fourth-order valence-electron chi connectivity index (χ4n) is 2.46. The number of nitrogens with zero attached hydrogens (tertiary/aromatic N) is 2. The second kappa shape index (κ2) is 4.96. The molecule has 0 aromatic heterocycles. The molecule has 1 saturated carbocycles. The van der Waals surface area contributed by atoms with Crippen molar-refractivity contribution >= 4 is 0 Å². The van der Waals surface area contributed by atoms with E-state index in [1.165, 1.54) is 25.7 Å². The van der Waals surface area contributed by atoms with Crippen LogP contribution in [-0.2, 0) is 0 Å². The summed E-state index contributed by atoms with van der Waals surface area (Å²) in [6.07, 6.45) is 5.25. The predicted octanol–water partition coefficient (Wildman–Crippen LogP) is 1.36. The number of hydrogen-bond acceptors (Lipinski definition) is 3. The number of nitrogens with one attached hydrogen (secondary N) is 1. The Kier molecular flexibility index (Phi) is 3.61. The largest absolute Gasteiger partial charge is 0.311 e. The standard InChI is InChI=1S/C12H21N3/c1-10(11-2-3-11)14-12-4-7-15(8-5-12)9-6-13/h10-12,14H,2-5,7-9H2,1H3. The molecule has 2 fully saturated rings. The first-order valence-corrected chi connectivity index (χ1v) is 6.15. The minimum atomic E-state index is 0.602. The van der Waals surface area contributed by atoms with Crippen LogP contribution in [0.4, 0.5) is 0 Å². The number of rotatable bonds is 4. The molecular formula is C12H21N3. The molecule has 1 atom stereocenters. The molecule has 0 aromatic rings. The molecule has 1 unspecified atom stereocenters. The second-order valence-electron chi connectivity index (χ2n) is 5.00. The molecule has 1 heterocycles. The molecule has 1 aliphatic carbocycles. The summed E-state index contributed by atoms with van der Waals surface area (Å²) in [7, 11) is 0. The maximum Gasteiger partial charge on any atom is 0.0866 e. The summed E-state index contributed by atoms with van der Waals surface area (Å²) in [6, 6.07) is 3.62. The van der Waals surface area contributed by atoms with Crippen LogP contribution in [0.5, 0.6) is 0 Å². The molecule has 1 saturated heterocycles. The fraction of sp³-hybridized carbons (Fsp3) is 0.917. The first-order valence-electron chi connectivity index (χ1n) is 6.15. The Morgan fingerprint density at radius 2 is 2.00 bits per heavy atom. The molecule has 3 nitrogen and oxygen atoms in total. The lowest BCUT2D eigenvalue weighted by molar-refractivity contribution is 0.207. The summed E-state index contributed by atoms with van der Waals surface area (Å²) in [4.78, 5) is 2.25. The Balaban J connectivity index is 1.66. The van der Waals surface area contributed by atoms with E-state index in [0.29, 0.717) is 18.6 Å². The number of piperidine rings is 1. The van der Waals surface area contributed by atoms with Gasteiger partial charge in [-0.15, -0.1) is 0 Å². The number of likely N-dealkylation sites (tertiary alicyclic amines) is 1. The Bertz CT molecular complexity index is 234. The van der Waals surface area contributed by atoms with Crippen LogP contribution in [0.3, 0.4) is 0 Å². The highest BCUT2D eigenvalue weighted by atomic mass is 15.1. The average molecular weight is 207 g/mol. The first kappa shape index (κ1) is 10.9. The summed E-state index contributed by atoms with van der Waals surface area (Å²) in [5.74, 6) is 0.946. The Labute approximate surface area is 92.4 Å². The van der Waals surface area contributed by atoms with Crippen LogP contribution in [0.1, 0.15) is 32.6 Å². The monoisotopic (exact) mass is 207 g/mol. The lowest BCUT2D eigenvalue weighted by Gasteiger charge is -2.32. The molecule has 84 valence electrons. The van der Waals surface area contributed by atoms with Gasteiger partial charge in [0.2, 0.25) is 0 Å². The topological polar surface area (TPSA) is 39.1 Å². The molecule has 2 rings (SSSR count). The molecule has 3 heteroatoms. The average Bonchev–Trinajstić information content (AvgIpc) is 3.04. The highest BCUT2D eigenvalue weighted by molar-refractivity contribution is 4.88. The quantitative estimate of drug-likeness (QED) is 0.708. The van der Waals surface area contributed by atoms with Crippen molar-refractivity contribution in [2.75, 3.05) is 19.6 Å². The molecular weight excluding hydrogens is 186 g/mol. The van der Waals surface area contributed by atoms with E-state index in [-0.39, 0.29) is 0 Å². The Hall–Kier alpha value is -0.590. The molecule has 1 aliphatic heterocycles. The smallest absolute Gasteiger partial charge is 0.0866 e. The maximum absolute atomic E-state index is 8.60. The van der Waals surface area contributed by atoms with E-state index in [2.05, 4.69) is 23.2 Å². The van der Waals surface area contributed by atoms with Crippen molar-refractivity contribution in [2.45, 2.75) is 44.7 Å². The van der Waals surface area contributed by atoms with Crippen molar-refractivity contribution in [3.05, 3.63) is 0 Å². The van der Waals surface area contributed by atoms with Crippen molar-refractivity contribution in [3.63, 3.8) is 0 Å². The highest BCUT2D eigenvalue weighted by Gasteiger charge is 2.30. The number of nitriles is 1. The summed E-state index contributed by atoms with van der Waals surface area (Å²) >= 11 is 0. The number of hydrogen-bond donors (Lipinski definition) is 1. The summed E-state index contributed by atoms with van der Waals surface area (Å²) in [5.41, 5.74) is 0. The zero-order valence-electron chi connectivity index (χ0n) is 9.58. The van der Waals surface area contributed by atoms with Gasteiger partial charge in [-0.2, -0.15) is 5.26 Å². The maximum atomic E-state index is 8.60. The van der Waals surface area contributed by atoms with Crippen LogP contribution < -0.4 is 5.32 Å². The van der Waals surface area contributed by atoms with Gasteiger partial charge >= 0.3 is 0 Å². The van der Waals surface area contributed by atoms with Gasteiger partial charge in [0, 0.05) is 25.2 Å². The normalized spacial score (nSPS) is 26.1. The van der Waals surface area contributed by atoms with E-state index < -0.39 is 0 Å². The molecule has 0 aromatic carbocycles. The summed E-state index contributed by atoms with van der Waals surface area (Å²) in [6.45, 7) is 5.09. The molecule has 1 N–H and O–H groups in total. The van der Waals surface area contributed by atoms with Crippen LogP contribution in [-0.4, -0.2) is 36.6 Å². The van der Waals surface area contributed by atoms with E-state index in [1.54, 1.807) is 0 Å². The van der Waals surface area contributed by atoms with Crippen LogP contribution in [0, 0.1) is 17.2 Å². The SMILES string of the molecule is CC(NC1CCN(CC#N)CC1)C1CC1. The minimum absolute atomic E-state index is 0.602. The molecule has 0 spiro atoms. The van der Waals surface area contributed by atoms with Crippen LogP contribution in [0.15, 0.2) is 0 Å². The van der Waals surface area contributed by atoms with Gasteiger partial charge in [0.1, 0.15) is 0 Å². The van der Waals surface area contributed by atoms with E-state index >= 15 is 0 Å². The van der Waals surface area contributed by atoms with Gasteiger partial charge in [0.15, 0.2) is 0 Å². The van der Waals surface area contributed by atoms with E-state index in [1.807, 2.05) is 0 Å². The third-order valence-electron chi connectivity index (χ3n) is 3.71. The van der Waals surface area contributed by atoms with Gasteiger partial charge in [0.25, 0.3) is 0 Å². The van der Waals surface area contributed by atoms with E-state index in [4.69, 9.17) is 5.26 Å². The molecule has 0 bridgehead atoms. The Morgan fingerprint density at radius 3 is 2.53 bits per heavy atom. The Morgan fingerprint density at radius 1 is 1.33 bits per heavy atom. The lowest BCUT2D eigenvalue weighted by atomic mass is 10.0. The van der Waals surface area contributed by atoms with Crippen LogP contribution >= 0.6 is 0 Å². The minimum Gasteiger partial charge on any atom is -0.311 e. The van der Waals surface area contributed by atoms with Gasteiger partial charge in [-0.3, -0.25) is 4.90 Å². The van der Waals surface area contributed by atoms with Gasteiger partial charge in [0.05, 0.1) is 12.6 Å². The fourth-order valence-corrected chi connectivity index (χ4v) is 2.46. The van der Waals surface area contributed by atoms with Crippen molar-refractivity contribution in [1.29, 1.82) is 5.26 Å². The zero-order valence-corrected chi connectivity index (χ0v) is 9.58. The van der Waals surface area contributed by atoms with Gasteiger partial charge < -0.3 is 5.32 Å². The van der Waals surface area contributed by atoms with Gasteiger partial charge in [-0.25, -0.2) is 0 Å². The molecule has 15 heavy (non-hydrogen) atoms. The van der Waals surface area contributed by atoms with E-state index in [9.17, 15) is 0 Å². The third kappa shape index (κ3) is 3.19. The predicted molar refractivity (Wildman–Crippen MR) is 60.4 cm³/mol. The highest BCUT2D eigenvalue weighted by Crippen LogP contribution is 2.32. The summed E-state index contributed by atoms with van der Waals surface area (Å²) in [5, 5.41) is 12.3.